The van der Waals surface area contributed by atoms with E-state index in [0.717, 1.165) is 22.1 Å². The average molecular weight is 567 g/mol. The highest BCUT2D eigenvalue weighted by Crippen LogP contribution is 2.39. The lowest BCUT2D eigenvalue weighted by molar-refractivity contribution is 1.49. The van der Waals surface area contributed by atoms with Crippen molar-refractivity contribution in [3.63, 3.8) is 0 Å². The van der Waals surface area contributed by atoms with Crippen LogP contribution in [-0.2, 0) is 0 Å². The number of fused-ring (bicyclic) bond motifs is 1. The van der Waals surface area contributed by atoms with E-state index in [4.69, 9.17) is 0 Å². The zero-order chi connectivity index (χ0) is 29.6. The van der Waals surface area contributed by atoms with Crippen LogP contribution in [0.1, 0.15) is 29.2 Å². The van der Waals surface area contributed by atoms with Crippen molar-refractivity contribution in [3.8, 4) is 22.6 Å². The van der Waals surface area contributed by atoms with Crippen LogP contribution in [0.2, 0.25) is 0 Å². The van der Waals surface area contributed by atoms with Gasteiger partial charge >= 0.3 is 0 Å². The molecule has 0 spiro atoms. The van der Waals surface area contributed by atoms with Crippen molar-refractivity contribution in [1.29, 1.82) is 0 Å². The first-order chi connectivity index (χ1) is 21.2. The molecule has 0 aromatic heterocycles. The monoisotopic (exact) mass is 566 g/mol. The summed E-state index contributed by atoms with van der Waals surface area (Å²) in [6.45, 7) is 8.56. The molecule has 0 nitrogen and oxygen atoms in total. The van der Waals surface area contributed by atoms with E-state index < -0.39 is 8.07 Å². The molecule has 0 radical (unpaired) electrons. The predicted molar refractivity (Wildman–Crippen MR) is 190 cm³/mol. The van der Waals surface area contributed by atoms with Gasteiger partial charge in [0.05, 0.1) is 0 Å². The van der Waals surface area contributed by atoms with Gasteiger partial charge in [0.15, 0.2) is 0 Å². The van der Waals surface area contributed by atoms with E-state index in [1.54, 1.807) is 0 Å². The molecular weight excluding hydrogens is 533 g/mol. The molecule has 0 atom stereocenters. The van der Waals surface area contributed by atoms with Crippen molar-refractivity contribution < 1.29 is 0 Å². The Morgan fingerprint density at radius 3 is 1.60 bits per heavy atom. The van der Waals surface area contributed by atoms with Gasteiger partial charge in [0.1, 0.15) is 0 Å². The van der Waals surface area contributed by atoms with Crippen LogP contribution in [0.5, 0.6) is 0 Å². The van der Waals surface area contributed by atoms with Crippen LogP contribution < -0.4 is 15.6 Å². The molecule has 0 N–H and O–H groups in total. The first kappa shape index (κ1) is 28.0. The highest BCUT2D eigenvalue weighted by atomic mass is 28.3. The van der Waals surface area contributed by atoms with Crippen LogP contribution in [-0.4, -0.2) is 8.07 Å². The van der Waals surface area contributed by atoms with Gasteiger partial charge in [0, 0.05) is 5.56 Å². The minimum absolute atomic E-state index is 1.03. The molecule has 0 unspecified atom stereocenters. The zero-order valence-electron chi connectivity index (χ0n) is 24.7. The second-order valence-electron chi connectivity index (χ2n) is 10.8. The Balaban J connectivity index is 1.76. The van der Waals surface area contributed by atoms with Crippen LogP contribution in [0.25, 0.3) is 34.1 Å². The fourth-order valence-corrected chi connectivity index (χ4v) is 10.0. The van der Waals surface area contributed by atoms with Gasteiger partial charge in [-0.05, 0) is 62.4 Å². The summed E-state index contributed by atoms with van der Waals surface area (Å²) >= 11 is 0. The second-order valence-corrected chi connectivity index (χ2v) is 14.3. The molecule has 0 fully saturated rings. The number of benzene rings is 6. The van der Waals surface area contributed by atoms with Gasteiger partial charge in [-0.1, -0.05) is 176 Å². The molecule has 6 rings (SSSR count). The Labute approximate surface area is 256 Å². The third-order valence-electron chi connectivity index (χ3n) is 8.14. The number of rotatable bonds is 6. The van der Waals surface area contributed by atoms with E-state index in [2.05, 4.69) is 184 Å². The average Bonchev–Trinajstić information content (AvgIpc) is 3.07. The van der Waals surface area contributed by atoms with Crippen molar-refractivity contribution >= 4 is 46.6 Å². The van der Waals surface area contributed by atoms with Crippen LogP contribution in [0.3, 0.4) is 0 Å². The molecule has 6 aromatic carbocycles. The molecule has 0 bridgehead atoms. The third-order valence-corrected chi connectivity index (χ3v) is 12.2. The normalized spacial score (nSPS) is 11.3. The lowest BCUT2D eigenvalue weighted by atomic mass is 9.85. The van der Waals surface area contributed by atoms with Crippen LogP contribution in [0, 0.1) is 18.4 Å². The molecule has 0 aliphatic rings. The lowest BCUT2D eigenvalue weighted by Gasteiger charge is -2.28. The summed E-state index contributed by atoms with van der Waals surface area (Å²) in [5.74, 6) is 3.85. The van der Waals surface area contributed by atoms with E-state index in [1.165, 1.54) is 37.6 Å². The summed E-state index contributed by atoms with van der Waals surface area (Å²) in [5.41, 5.74) is 10.9. The van der Waals surface area contributed by atoms with E-state index in [1.807, 2.05) is 6.08 Å². The van der Waals surface area contributed by atoms with Gasteiger partial charge in [-0.2, -0.15) is 0 Å². The predicted octanol–water partition coefficient (Wildman–Crippen LogP) is 8.55. The second kappa shape index (κ2) is 12.4. The molecule has 206 valence electrons. The molecule has 0 saturated heterocycles. The molecule has 0 amide bonds. The molecular formula is C42H34Si. The van der Waals surface area contributed by atoms with Gasteiger partial charge in [-0.25, -0.2) is 0 Å². The maximum atomic E-state index is 4.32. The largest absolute Gasteiger partial charge is 0.230 e. The van der Waals surface area contributed by atoms with Crippen molar-refractivity contribution in [3.05, 3.63) is 174 Å². The zero-order valence-corrected chi connectivity index (χ0v) is 25.7. The number of aryl methyl sites for hydroxylation is 1. The molecule has 43 heavy (non-hydrogen) atoms. The highest BCUT2D eigenvalue weighted by Gasteiger charge is 2.38. The molecule has 0 heterocycles. The van der Waals surface area contributed by atoms with Gasteiger partial charge in [0.25, 0.3) is 0 Å². The van der Waals surface area contributed by atoms with Gasteiger partial charge in [-0.15, -0.1) is 5.54 Å². The van der Waals surface area contributed by atoms with E-state index in [9.17, 15) is 0 Å². The molecule has 0 saturated carbocycles. The summed E-state index contributed by atoms with van der Waals surface area (Å²) in [7, 11) is -2.77. The van der Waals surface area contributed by atoms with Crippen molar-refractivity contribution in [1.82, 2.24) is 0 Å². The van der Waals surface area contributed by atoms with Crippen LogP contribution in [0.15, 0.2) is 152 Å². The Morgan fingerprint density at radius 1 is 0.605 bits per heavy atom. The third kappa shape index (κ3) is 5.19. The number of hydrogen-bond acceptors (Lipinski definition) is 0. The van der Waals surface area contributed by atoms with Gasteiger partial charge < -0.3 is 0 Å². The summed E-state index contributed by atoms with van der Waals surface area (Å²) in [4.78, 5) is 0. The Hall–Kier alpha value is -5.16. The fraction of sp³-hybridized carbons (Fsp3) is 0.0476. The molecule has 6 aromatic rings. The number of hydrogen-bond donors (Lipinski definition) is 0. The SMILES string of the molecule is C=Cc1c(/C=C\C)c(-c2ccccc2)c2cc(C)ccc2c1C#C[Si](c1ccccc1)(c1ccccc1)c1ccccc1. The Kier molecular flexibility index (Phi) is 8.05. The van der Waals surface area contributed by atoms with E-state index in [0.29, 0.717) is 0 Å². The first-order valence-corrected chi connectivity index (χ1v) is 16.8. The Morgan fingerprint density at radius 2 is 1.12 bits per heavy atom. The number of allylic oxidation sites excluding steroid dienone is 1. The summed E-state index contributed by atoms with van der Waals surface area (Å²) in [6, 6.07) is 50.0. The maximum Gasteiger partial charge on any atom is 0.230 e. The van der Waals surface area contributed by atoms with Gasteiger partial charge in [-0.3, -0.25) is 0 Å². The lowest BCUT2D eigenvalue weighted by Crippen LogP contribution is -2.66. The molecule has 0 aliphatic carbocycles. The van der Waals surface area contributed by atoms with Crippen molar-refractivity contribution in [2.75, 3.05) is 0 Å². The van der Waals surface area contributed by atoms with Crippen molar-refractivity contribution in [2.24, 2.45) is 0 Å². The van der Waals surface area contributed by atoms with Gasteiger partial charge in [0.2, 0.25) is 8.07 Å². The minimum atomic E-state index is -2.77. The fourth-order valence-electron chi connectivity index (χ4n) is 6.18. The summed E-state index contributed by atoms with van der Waals surface area (Å²) < 4.78 is 0. The maximum absolute atomic E-state index is 4.32. The van der Waals surface area contributed by atoms with E-state index in [-0.39, 0.29) is 0 Å². The molecule has 0 aliphatic heterocycles. The summed E-state index contributed by atoms with van der Waals surface area (Å²) in [6.07, 6.45) is 6.31. The van der Waals surface area contributed by atoms with E-state index >= 15 is 0 Å². The van der Waals surface area contributed by atoms with Crippen LogP contribution in [0.4, 0.5) is 0 Å². The standard InChI is InChI=1S/C42H34Si/c1-4-18-40-37(5-2)39(38-28-27-32(3)31-41(38)42(40)33-19-10-6-11-20-33)29-30-43(34-21-12-7-13-22-34,35-23-14-8-15-24-35)36-25-16-9-17-26-36/h4-28,31H,2H2,1,3H3/b18-4-. The quantitative estimate of drug-likeness (QED) is 0.108. The minimum Gasteiger partial charge on any atom is -0.109 e. The molecule has 1 heteroatoms. The smallest absolute Gasteiger partial charge is 0.109 e. The highest BCUT2D eigenvalue weighted by molar-refractivity contribution is 7.16. The Bertz CT molecular complexity index is 1880. The topological polar surface area (TPSA) is 0 Å². The van der Waals surface area contributed by atoms with Crippen molar-refractivity contribution in [2.45, 2.75) is 13.8 Å². The van der Waals surface area contributed by atoms with Crippen LogP contribution >= 0.6 is 0 Å². The first-order valence-electron chi connectivity index (χ1n) is 14.8. The summed E-state index contributed by atoms with van der Waals surface area (Å²) in [5, 5.41) is 6.18.